The molecule has 0 amide bonds. The molecule has 7 nitrogen and oxygen atoms in total. The molecule has 176 valence electrons. The van der Waals surface area contributed by atoms with E-state index in [-0.39, 0.29) is 18.8 Å². The first kappa shape index (κ1) is 23.4. The highest BCUT2D eigenvalue weighted by Gasteiger charge is 2.11. The number of aliphatic carboxylic acids is 1. The highest BCUT2D eigenvalue weighted by Crippen LogP contribution is 2.33. The van der Waals surface area contributed by atoms with Gasteiger partial charge in [0.1, 0.15) is 18.0 Å². The van der Waals surface area contributed by atoms with Crippen LogP contribution < -0.4 is 14.8 Å². The molecule has 0 fully saturated rings. The number of thiophene rings is 1. The molecule has 0 bridgehead atoms. The fourth-order valence-electron chi connectivity index (χ4n) is 3.49. The second-order valence-electron chi connectivity index (χ2n) is 7.47. The first-order valence-corrected chi connectivity index (χ1v) is 11.7. The summed E-state index contributed by atoms with van der Waals surface area (Å²) < 4.78 is 26.1. The van der Waals surface area contributed by atoms with Crippen molar-refractivity contribution in [1.29, 1.82) is 0 Å². The third-order valence-corrected chi connectivity index (χ3v) is 6.00. The zero-order valence-corrected chi connectivity index (χ0v) is 19.4. The van der Waals surface area contributed by atoms with Gasteiger partial charge in [0, 0.05) is 18.2 Å². The van der Waals surface area contributed by atoms with Gasteiger partial charge in [-0.25, -0.2) is 14.4 Å². The lowest BCUT2D eigenvalue weighted by Gasteiger charge is -2.13. The van der Waals surface area contributed by atoms with Crippen LogP contribution in [0.15, 0.2) is 54.2 Å². The minimum atomic E-state index is -0.923. The smallest absolute Gasteiger partial charge is 0.306 e. The van der Waals surface area contributed by atoms with Gasteiger partial charge in [0.05, 0.1) is 30.0 Å². The molecular weight excluding hydrogens is 457 g/mol. The highest BCUT2D eigenvalue weighted by molar-refractivity contribution is 7.17. The zero-order valence-electron chi connectivity index (χ0n) is 18.6. The Kier molecular flexibility index (Phi) is 7.54. The van der Waals surface area contributed by atoms with Crippen LogP contribution in [0.1, 0.15) is 18.9 Å². The van der Waals surface area contributed by atoms with Gasteiger partial charge in [-0.2, -0.15) is 0 Å². The maximum absolute atomic E-state index is 14.2. The van der Waals surface area contributed by atoms with Crippen LogP contribution in [0.2, 0.25) is 0 Å². The van der Waals surface area contributed by atoms with Crippen molar-refractivity contribution < 1.29 is 23.8 Å². The number of carbonyl (C=O) groups is 1. The van der Waals surface area contributed by atoms with Crippen molar-refractivity contribution in [1.82, 2.24) is 9.97 Å². The van der Waals surface area contributed by atoms with E-state index in [1.165, 1.54) is 17.7 Å². The van der Waals surface area contributed by atoms with E-state index in [1.807, 2.05) is 42.6 Å². The van der Waals surface area contributed by atoms with Crippen LogP contribution >= 0.6 is 11.3 Å². The molecule has 0 aliphatic carbocycles. The Hall–Kier alpha value is -3.72. The first-order valence-electron chi connectivity index (χ1n) is 10.9. The van der Waals surface area contributed by atoms with Gasteiger partial charge in [-0.05, 0) is 60.0 Å². The number of anilines is 1. The number of aromatic nitrogens is 2. The van der Waals surface area contributed by atoms with E-state index in [0.29, 0.717) is 47.3 Å². The Morgan fingerprint density at radius 3 is 2.82 bits per heavy atom. The van der Waals surface area contributed by atoms with E-state index in [4.69, 9.17) is 14.6 Å². The Morgan fingerprint density at radius 1 is 1.12 bits per heavy atom. The minimum absolute atomic E-state index is 0.0551. The number of hydrogen-bond donors (Lipinski definition) is 2. The molecule has 4 rings (SSSR count). The number of halogens is 1. The molecular formula is C25H24FN3O4S. The fraction of sp³-hybridized carbons (Fsp3) is 0.240. The monoisotopic (exact) mass is 481 g/mol. The lowest BCUT2D eigenvalue weighted by atomic mass is 10.1. The van der Waals surface area contributed by atoms with Gasteiger partial charge in [0.15, 0.2) is 11.5 Å². The maximum atomic E-state index is 14.2. The molecule has 34 heavy (non-hydrogen) atoms. The van der Waals surface area contributed by atoms with Crippen LogP contribution in [0.4, 0.5) is 10.2 Å². The van der Waals surface area contributed by atoms with E-state index in [9.17, 15) is 9.18 Å². The average Bonchev–Trinajstić information content (AvgIpc) is 3.30. The molecule has 0 atom stereocenters. The molecule has 2 aromatic heterocycles. The van der Waals surface area contributed by atoms with Crippen LogP contribution in [-0.2, 0) is 11.2 Å². The zero-order chi connectivity index (χ0) is 23.9. The first-order chi connectivity index (χ1) is 16.5. The summed E-state index contributed by atoms with van der Waals surface area (Å²) >= 11 is 1.40. The van der Waals surface area contributed by atoms with Gasteiger partial charge in [-0.3, -0.25) is 4.79 Å². The molecule has 0 saturated carbocycles. The Bertz CT molecular complexity index is 1290. The van der Waals surface area contributed by atoms with Gasteiger partial charge in [-0.1, -0.05) is 6.07 Å². The number of rotatable bonds is 11. The summed E-state index contributed by atoms with van der Waals surface area (Å²) in [5, 5.41) is 14.9. The lowest BCUT2D eigenvalue weighted by molar-refractivity contribution is -0.137. The molecule has 0 saturated heterocycles. The second kappa shape index (κ2) is 10.9. The van der Waals surface area contributed by atoms with Crippen LogP contribution in [0, 0.1) is 5.82 Å². The molecule has 0 spiro atoms. The second-order valence-corrected chi connectivity index (χ2v) is 8.38. The largest absolute Gasteiger partial charge is 0.490 e. The normalized spacial score (nSPS) is 10.9. The summed E-state index contributed by atoms with van der Waals surface area (Å²) in [6.07, 6.45) is 2.04. The predicted molar refractivity (Wildman–Crippen MR) is 130 cm³/mol. The van der Waals surface area contributed by atoms with Crippen molar-refractivity contribution in [2.75, 3.05) is 25.1 Å². The molecule has 0 aliphatic rings. The summed E-state index contributed by atoms with van der Waals surface area (Å²) in [7, 11) is 0. The van der Waals surface area contributed by atoms with Crippen molar-refractivity contribution in [2.45, 2.75) is 19.8 Å². The van der Waals surface area contributed by atoms with E-state index >= 15 is 0 Å². The number of fused-ring (bicyclic) bond motifs is 1. The van der Waals surface area contributed by atoms with Crippen LogP contribution in [0.3, 0.4) is 0 Å². The Morgan fingerprint density at radius 2 is 2.00 bits per heavy atom. The van der Waals surface area contributed by atoms with Crippen molar-refractivity contribution >= 4 is 33.2 Å². The SMILES string of the molecule is CCOc1cc(-c2cc(NCCc3cc(F)c4sccc4c3)ncn2)ccc1OCCC(=O)O. The van der Waals surface area contributed by atoms with E-state index in [0.717, 1.165) is 16.5 Å². The predicted octanol–water partition coefficient (Wildman–Crippen LogP) is 5.40. The molecule has 2 heterocycles. The van der Waals surface area contributed by atoms with E-state index in [2.05, 4.69) is 15.3 Å². The fourth-order valence-corrected chi connectivity index (χ4v) is 4.28. The quantitative estimate of drug-likeness (QED) is 0.296. The van der Waals surface area contributed by atoms with E-state index < -0.39 is 5.97 Å². The number of nitrogens with one attached hydrogen (secondary N) is 1. The summed E-state index contributed by atoms with van der Waals surface area (Å²) in [4.78, 5) is 19.4. The average molecular weight is 482 g/mol. The number of carboxylic acid groups (broad SMARTS) is 1. The van der Waals surface area contributed by atoms with Crippen LogP contribution in [0.5, 0.6) is 11.5 Å². The van der Waals surface area contributed by atoms with Gasteiger partial charge < -0.3 is 19.9 Å². The minimum Gasteiger partial charge on any atom is -0.490 e. The van der Waals surface area contributed by atoms with Crippen LogP contribution in [0.25, 0.3) is 21.3 Å². The Labute approximate surface area is 200 Å². The van der Waals surface area contributed by atoms with Crippen molar-refractivity contribution in [3.8, 4) is 22.8 Å². The summed E-state index contributed by atoms with van der Waals surface area (Å²) in [5.74, 6) is 0.542. The molecule has 0 aliphatic heterocycles. The molecule has 9 heteroatoms. The molecule has 2 aromatic carbocycles. The molecule has 0 unspecified atom stereocenters. The number of ether oxygens (including phenoxy) is 2. The van der Waals surface area contributed by atoms with Gasteiger partial charge in [0.2, 0.25) is 0 Å². The van der Waals surface area contributed by atoms with Gasteiger partial charge >= 0.3 is 5.97 Å². The number of benzene rings is 2. The third kappa shape index (κ3) is 5.79. The standard InChI is InChI=1S/C25H24FN3O4S/c1-2-32-22-13-17(3-4-21(22)33-9-6-24(30)31)20-14-23(29-15-28-20)27-8-5-16-11-18-7-10-34-25(18)19(26)12-16/h3-4,7,10-15H,2,5-6,8-9H2,1H3,(H,30,31)(H,27,28,29). The van der Waals surface area contributed by atoms with Crippen LogP contribution in [-0.4, -0.2) is 40.8 Å². The number of hydrogen-bond acceptors (Lipinski definition) is 7. The molecule has 2 N–H and O–H groups in total. The molecule has 4 aromatic rings. The summed E-state index contributed by atoms with van der Waals surface area (Å²) in [6, 6.07) is 12.7. The van der Waals surface area contributed by atoms with Gasteiger partial charge in [0.25, 0.3) is 0 Å². The highest BCUT2D eigenvalue weighted by atomic mass is 32.1. The van der Waals surface area contributed by atoms with E-state index in [1.54, 1.807) is 12.1 Å². The van der Waals surface area contributed by atoms with Gasteiger partial charge in [-0.15, -0.1) is 11.3 Å². The van der Waals surface area contributed by atoms with Crippen molar-refractivity contribution in [3.63, 3.8) is 0 Å². The Balaban J connectivity index is 1.43. The van der Waals surface area contributed by atoms with Crippen molar-refractivity contribution in [3.05, 3.63) is 65.6 Å². The lowest BCUT2D eigenvalue weighted by Crippen LogP contribution is -2.07. The third-order valence-electron chi connectivity index (χ3n) is 5.07. The maximum Gasteiger partial charge on any atom is 0.306 e. The topological polar surface area (TPSA) is 93.6 Å². The molecule has 0 radical (unpaired) electrons. The summed E-state index contributed by atoms with van der Waals surface area (Å²) in [6.45, 7) is 2.95. The number of nitrogens with zero attached hydrogens (tertiary/aromatic N) is 2. The van der Waals surface area contributed by atoms with Crippen molar-refractivity contribution in [2.24, 2.45) is 0 Å². The number of carboxylic acids is 1. The summed E-state index contributed by atoms with van der Waals surface area (Å²) in [5.41, 5.74) is 2.43.